The molecule has 1 amide bonds. The number of aryl methyl sites for hydroxylation is 2. The highest BCUT2D eigenvalue weighted by molar-refractivity contribution is 8.00. The number of nitrogens with one attached hydrogen (secondary N) is 2. The average molecular weight is 276 g/mol. The first-order valence-corrected chi connectivity index (χ1v) is 6.86. The quantitative estimate of drug-likeness (QED) is 0.842. The Morgan fingerprint density at radius 1 is 1.37 bits per heavy atom. The van der Waals surface area contributed by atoms with Crippen molar-refractivity contribution < 1.29 is 4.79 Å². The molecule has 2 aromatic rings. The first-order valence-electron chi connectivity index (χ1n) is 5.98. The second-order valence-corrected chi connectivity index (χ2v) is 5.58. The molecular formula is C13H16N4OS. The number of aromatic amines is 1. The molecule has 1 atom stereocenters. The van der Waals surface area contributed by atoms with Gasteiger partial charge in [-0.2, -0.15) is 0 Å². The fraction of sp³-hybridized carbons (Fsp3) is 0.308. The summed E-state index contributed by atoms with van der Waals surface area (Å²) in [6.45, 7) is 5.63. The number of hydrogen-bond donors (Lipinski definition) is 2. The molecule has 1 unspecified atom stereocenters. The zero-order valence-corrected chi connectivity index (χ0v) is 11.9. The van der Waals surface area contributed by atoms with Crippen LogP contribution in [0.1, 0.15) is 18.3 Å². The monoisotopic (exact) mass is 276 g/mol. The molecule has 0 radical (unpaired) electrons. The Kier molecular flexibility index (Phi) is 4.21. The molecule has 1 heterocycles. The van der Waals surface area contributed by atoms with Crippen LogP contribution in [0.25, 0.3) is 0 Å². The first-order chi connectivity index (χ1) is 9.06. The molecule has 0 bridgehead atoms. The van der Waals surface area contributed by atoms with Crippen molar-refractivity contribution in [2.45, 2.75) is 31.2 Å². The number of carbonyl (C=O) groups is 1. The van der Waals surface area contributed by atoms with Crippen LogP contribution in [-0.2, 0) is 4.79 Å². The third-order valence-corrected chi connectivity index (χ3v) is 3.59. The van der Waals surface area contributed by atoms with Crippen molar-refractivity contribution in [1.29, 1.82) is 0 Å². The van der Waals surface area contributed by atoms with Crippen LogP contribution in [-0.4, -0.2) is 26.3 Å². The van der Waals surface area contributed by atoms with E-state index in [4.69, 9.17) is 0 Å². The highest BCUT2D eigenvalue weighted by atomic mass is 32.2. The van der Waals surface area contributed by atoms with Crippen molar-refractivity contribution >= 4 is 23.4 Å². The van der Waals surface area contributed by atoms with Gasteiger partial charge in [-0.1, -0.05) is 30.0 Å². The van der Waals surface area contributed by atoms with Crippen molar-refractivity contribution in [3.8, 4) is 0 Å². The second kappa shape index (κ2) is 5.88. The van der Waals surface area contributed by atoms with E-state index in [1.54, 1.807) is 0 Å². The second-order valence-electron chi connectivity index (χ2n) is 4.27. The lowest BCUT2D eigenvalue weighted by molar-refractivity contribution is -0.115. The Hall–Kier alpha value is -1.82. The van der Waals surface area contributed by atoms with Crippen molar-refractivity contribution in [3.05, 3.63) is 35.7 Å². The third-order valence-electron chi connectivity index (χ3n) is 2.63. The van der Waals surface area contributed by atoms with Crippen molar-refractivity contribution in [2.24, 2.45) is 0 Å². The van der Waals surface area contributed by atoms with Gasteiger partial charge in [0.1, 0.15) is 5.82 Å². The molecule has 1 aromatic heterocycles. The van der Waals surface area contributed by atoms with Gasteiger partial charge >= 0.3 is 0 Å². The Morgan fingerprint density at radius 2 is 2.11 bits per heavy atom. The van der Waals surface area contributed by atoms with Crippen molar-refractivity contribution in [2.75, 3.05) is 5.32 Å². The first kappa shape index (κ1) is 13.6. The van der Waals surface area contributed by atoms with Gasteiger partial charge in [0, 0.05) is 5.69 Å². The maximum absolute atomic E-state index is 12.1. The van der Waals surface area contributed by atoms with Crippen LogP contribution in [0.4, 0.5) is 5.69 Å². The number of rotatable bonds is 4. The molecular weight excluding hydrogens is 260 g/mol. The van der Waals surface area contributed by atoms with E-state index < -0.39 is 0 Å². The molecule has 0 aliphatic carbocycles. The molecule has 2 N–H and O–H groups in total. The Bertz CT molecular complexity index is 582. The summed E-state index contributed by atoms with van der Waals surface area (Å²) in [5, 5.41) is 10.0. The van der Waals surface area contributed by atoms with Crippen LogP contribution in [0.5, 0.6) is 0 Å². The highest BCUT2D eigenvalue weighted by Gasteiger charge is 2.17. The summed E-state index contributed by atoms with van der Waals surface area (Å²) in [6.07, 6.45) is 0. The number of benzene rings is 1. The number of nitrogens with zero attached hydrogens (tertiary/aromatic N) is 2. The Labute approximate surface area is 116 Å². The van der Waals surface area contributed by atoms with Crippen LogP contribution in [0, 0.1) is 13.8 Å². The van der Waals surface area contributed by atoms with Crippen LogP contribution in [0.2, 0.25) is 0 Å². The molecule has 0 fully saturated rings. The van der Waals surface area contributed by atoms with Gasteiger partial charge < -0.3 is 5.32 Å². The van der Waals surface area contributed by atoms with E-state index in [0.717, 1.165) is 17.1 Å². The van der Waals surface area contributed by atoms with E-state index in [0.29, 0.717) is 5.16 Å². The summed E-state index contributed by atoms with van der Waals surface area (Å²) in [4.78, 5) is 16.3. The van der Waals surface area contributed by atoms with Crippen LogP contribution < -0.4 is 5.32 Å². The molecule has 6 heteroatoms. The zero-order valence-electron chi connectivity index (χ0n) is 11.1. The predicted octanol–water partition coefficient (Wildman–Crippen LogP) is 2.54. The fourth-order valence-corrected chi connectivity index (χ4v) is 2.30. The van der Waals surface area contributed by atoms with Crippen LogP contribution in [0.3, 0.4) is 0 Å². The number of thioether (sulfide) groups is 1. The van der Waals surface area contributed by atoms with E-state index in [2.05, 4.69) is 20.5 Å². The molecule has 0 saturated heterocycles. The Morgan fingerprint density at radius 3 is 2.74 bits per heavy atom. The lowest BCUT2D eigenvalue weighted by Gasteiger charge is -2.11. The number of amides is 1. The van der Waals surface area contributed by atoms with Crippen molar-refractivity contribution in [1.82, 2.24) is 15.2 Å². The van der Waals surface area contributed by atoms with Gasteiger partial charge in [0.25, 0.3) is 0 Å². The summed E-state index contributed by atoms with van der Waals surface area (Å²) in [7, 11) is 0. The normalized spacial score (nSPS) is 12.2. The molecule has 5 nitrogen and oxygen atoms in total. The van der Waals surface area contributed by atoms with E-state index in [9.17, 15) is 4.79 Å². The molecule has 2 rings (SSSR count). The summed E-state index contributed by atoms with van der Waals surface area (Å²) < 4.78 is 0. The summed E-state index contributed by atoms with van der Waals surface area (Å²) in [6, 6.07) is 7.70. The molecule has 19 heavy (non-hydrogen) atoms. The van der Waals surface area contributed by atoms with Crippen LogP contribution in [0.15, 0.2) is 29.4 Å². The lowest BCUT2D eigenvalue weighted by atomic mass is 10.2. The number of aromatic nitrogens is 3. The molecule has 0 aliphatic rings. The minimum Gasteiger partial charge on any atom is -0.325 e. The minimum absolute atomic E-state index is 0.0539. The van der Waals surface area contributed by atoms with Gasteiger partial charge in [-0.3, -0.25) is 9.89 Å². The van der Waals surface area contributed by atoms with Gasteiger partial charge in [0.2, 0.25) is 11.1 Å². The van der Waals surface area contributed by atoms with Crippen molar-refractivity contribution in [3.63, 3.8) is 0 Å². The minimum atomic E-state index is -0.255. The standard InChI is InChI=1S/C13H16N4OS/c1-8-6-4-5-7-11(8)15-12(18)9(2)19-13-14-10(3)16-17-13/h4-7,9H,1-3H3,(H,15,18)(H,14,16,17). The van der Waals surface area contributed by atoms with E-state index >= 15 is 0 Å². The maximum atomic E-state index is 12.1. The predicted molar refractivity (Wildman–Crippen MR) is 76.2 cm³/mol. The summed E-state index contributed by atoms with van der Waals surface area (Å²) >= 11 is 1.33. The van der Waals surface area contributed by atoms with E-state index in [-0.39, 0.29) is 11.2 Å². The van der Waals surface area contributed by atoms with Gasteiger partial charge in [-0.25, -0.2) is 4.98 Å². The molecule has 1 aromatic carbocycles. The number of hydrogen-bond acceptors (Lipinski definition) is 4. The van der Waals surface area contributed by atoms with Gasteiger partial charge in [-0.05, 0) is 32.4 Å². The Balaban J connectivity index is 1.98. The number of anilines is 1. The maximum Gasteiger partial charge on any atom is 0.237 e. The van der Waals surface area contributed by atoms with Gasteiger partial charge in [-0.15, -0.1) is 5.10 Å². The third kappa shape index (κ3) is 3.57. The summed E-state index contributed by atoms with van der Waals surface area (Å²) in [5.41, 5.74) is 1.88. The fourth-order valence-electron chi connectivity index (χ4n) is 1.53. The molecule has 0 aliphatic heterocycles. The van der Waals surface area contributed by atoms with E-state index in [1.165, 1.54) is 11.8 Å². The summed E-state index contributed by atoms with van der Waals surface area (Å²) in [5.74, 6) is 0.691. The number of carbonyl (C=O) groups excluding carboxylic acids is 1. The number of H-pyrrole nitrogens is 1. The molecule has 0 spiro atoms. The topological polar surface area (TPSA) is 70.7 Å². The van der Waals surface area contributed by atoms with Gasteiger partial charge in [0.15, 0.2) is 0 Å². The average Bonchev–Trinajstić information content (AvgIpc) is 2.77. The van der Waals surface area contributed by atoms with Gasteiger partial charge in [0.05, 0.1) is 5.25 Å². The lowest BCUT2D eigenvalue weighted by Crippen LogP contribution is -2.22. The number of para-hydroxylation sites is 1. The largest absolute Gasteiger partial charge is 0.325 e. The smallest absolute Gasteiger partial charge is 0.237 e. The molecule has 0 saturated carbocycles. The zero-order chi connectivity index (χ0) is 13.8. The SMILES string of the molecule is Cc1nc(SC(C)C(=O)Nc2ccccc2C)n[nH]1. The molecule has 100 valence electrons. The van der Waals surface area contributed by atoms with Crippen LogP contribution >= 0.6 is 11.8 Å². The van der Waals surface area contributed by atoms with E-state index in [1.807, 2.05) is 45.0 Å². The highest BCUT2D eigenvalue weighted by Crippen LogP contribution is 2.21.